The molecule has 0 aromatic heterocycles. The predicted octanol–water partition coefficient (Wildman–Crippen LogP) is 4.77. The standard InChI is InChI=1S/C24H26N2O3/c1-4-14-28-22-13-12-19-10-5-6-11-20(19)21(22)15-25-26-23(27)16-29-24-17(2)8-7-9-18(24)3/h5-13,15H,4,14,16H2,1-3H3,(H,26,27)/b25-15-. The van der Waals surface area contributed by atoms with Crippen LogP contribution in [0.5, 0.6) is 11.5 Å². The molecule has 0 aliphatic rings. The number of fused-ring (bicyclic) bond motifs is 1. The average molecular weight is 390 g/mol. The molecular formula is C24H26N2O3. The van der Waals surface area contributed by atoms with E-state index in [9.17, 15) is 4.79 Å². The number of hydrogen-bond acceptors (Lipinski definition) is 4. The predicted molar refractivity (Wildman–Crippen MR) is 117 cm³/mol. The molecule has 0 saturated heterocycles. The van der Waals surface area contributed by atoms with Gasteiger partial charge in [0, 0.05) is 5.56 Å². The van der Waals surface area contributed by atoms with E-state index < -0.39 is 0 Å². The van der Waals surface area contributed by atoms with Crippen LogP contribution in [0.4, 0.5) is 0 Å². The number of benzene rings is 3. The van der Waals surface area contributed by atoms with Gasteiger partial charge >= 0.3 is 0 Å². The second kappa shape index (κ2) is 9.73. The molecule has 0 unspecified atom stereocenters. The van der Waals surface area contributed by atoms with E-state index in [1.54, 1.807) is 6.21 Å². The molecule has 1 N–H and O–H groups in total. The fourth-order valence-corrected chi connectivity index (χ4v) is 3.11. The van der Waals surface area contributed by atoms with Gasteiger partial charge in [0.1, 0.15) is 11.5 Å². The molecule has 3 aromatic carbocycles. The number of ether oxygens (including phenoxy) is 2. The molecule has 5 nitrogen and oxygen atoms in total. The third-order valence-corrected chi connectivity index (χ3v) is 4.53. The second-order valence-electron chi connectivity index (χ2n) is 6.85. The van der Waals surface area contributed by atoms with Crippen molar-refractivity contribution in [3.8, 4) is 11.5 Å². The number of para-hydroxylation sites is 1. The van der Waals surface area contributed by atoms with E-state index in [0.29, 0.717) is 6.61 Å². The second-order valence-corrected chi connectivity index (χ2v) is 6.85. The molecule has 0 heterocycles. The molecule has 1 amide bonds. The SMILES string of the molecule is CCCOc1ccc2ccccc2c1/C=N\NC(=O)COc1c(C)cccc1C. The number of hydrazone groups is 1. The Kier molecular flexibility index (Phi) is 6.85. The highest BCUT2D eigenvalue weighted by Crippen LogP contribution is 2.27. The van der Waals surface area contributed by atoms with Crippen LogP contribution in [0.2, 0.25) is 0 Å². The molecule has 0 saturated carbocycles. The van der Waals surface area contributed by atoms with Gasteiger partial charge < -0.3 is 9.47 Å². The van der Waals surface area contributed by atoms with Crippen LogP contribution in [0, 0.1) is 13.8 Å². The van der Waals surface area contributed by atoms with E-state index in [-0.39, 0.29) is 12.5 Å². The Hall–Kier alpha value is -3.34. The lowest BCUT2D eigenvalue weighted by atomic mass is 10.0. The molecule has 3 rings (SSSR count). The largest absolute Gasteiger partial charge is 0.493 e. The third-order valence-electron chi connectivity index (χ3n) is 4.53. The highest BCUT2D eigenvalue weighted by Gasteiger charge is 2.09. The zero-order valence-electron chi connectivity index (χ0n) is 17.1. The Morgan fingerprint density at radius 3 is 2.52 bits per heavy atom. The molecule has 150 valence electrons. The number of rotatable bonds is 8. The molecule has 0 aliphatic heterocycles. The Bertz CT molecular complexity index is 1010. The first kappa shape index (κ1) is 20.4. The molecule has 29 heavy (non-hydrogen) atoms. The summed E-state index contributed by atoms with van der Waals surface area (Å²) in [5.74, 6) is 1.16. The molecule has 0 radical (unpaired) electrons. The van der Waals surface area contributed by atoms with E-state index in [1.807, 2.05) is 68.4 Å². The van der Waals surface area contributed by atoms with Crippen molar-refractivity contribution in [1.82, 2.24) is 5.43 Å². The minimum atomic E-state index is -0.319. The fourth-order valence-electron chi connectivity index (χ4n) is 3.11. The lowest BCUT2D eigenvalue weighted by molar-refractivity contribution is -0.123. The summed E-state index contributed by atoms with van der Waals surface area (Å²) >= 11 is 0. The monoisotopic (exact) mass is 390 g/mol. The smallest absolute Gasteiger partial charge is 0.277 e. The number of aryl methyl sites for hydroxylation is 2. The Labute approximate surface area is 171 Å². The van der Waals surface area contributed by atoms with Crippen molar-refractivity contribution >= 4 is 22.9 Å². The Morgan fingerprint density at radius 2 is 1.76 bits per heavy atom. The number of nitrogens with zero attached hydrogens (tertiary/aromatic N) is 1. The molecule has 0 atom stereocenters. The van der Waals surface area contributed by atoms with Crippen molar-refractivity contribution in [2.24, 2.45) is 5.10 Å². The maximum Gasteiger partial charge on any atom is 0.277 e. The number of hydrogen-bond donors (Lipinski definition) is 1. The fraction of sp³-hybridized carbons (Fsp3) is 0.250. The normalized spacial score (nSPS) is 11.0. The lowest BCUT2D eigenvalue weighted by Gasteiger charge is -2.12. The first-order valence-electron chi connectivity index (χ1n) is 9.75. The summed E-state index contributed by atoms with van der Waals surface area (Å²) < 4.78 is 11.5. The first-order valence-corrected chi connectivity index (χ1v) is 9.75. The van der Waals surface area contributed by atoms with Gasteiger partial charge in [0.2, 0.25) is 0 Å². The van der Waals surface area contributed by atoms with Crippen molar-refractivity contribution in [3.63, 3.8) is 0 Å². The topological polar surface area (TPSA) is 59.9 Å². The Balaban J connectivity index is 1.70. The van der Waals surface area contributed by atoms with Gasteiger partial charge in [0.25, 0.3) is 5.91 Å². The van der Waals surface area contributed by atoms with Crippen LogP contribution < -0.4 is 14.9 Å². The van der Waals surface area contributed by atoms with Gasteiger partial charge in [-0.05, 0) is 48.2 Å². The van der Waals surface area contributed by atoms with Crippen LogP contribution in [-0.2, 0) is 4.79 Å². The van der Waals surface area contributed by atoms with Gasteiger partial charge in [0.05, 0.1) is 12.8 Å². The number of amides is 1. The number of carbonyl (C=O) groups is 1. The summed E-state index contributed by atoms with van der Waals surface area (Å²) in [6.45, 7) is 6.49. The molecular weight excluding hydrogens is 364 g/mol. The van der Waals surface area contributed by atoms with Crippen molar-refractivity contribution in [2.75, 3.05) is 13.2 Å². The van der Waals surface area contributed by atoms with E-state index in [1.165, 1.54) is 0 Å². The van der Waals surface area contributed by atoms with Crippen molar-refractivity contribution in [2.45, 2.75) is 27.2 Å². The van der Waals surface area contributed by atoms with E-state index in [0.717, 1.165) is 45.4 Å². The number of carbonyl (C=O) groups excluding carboxylic acids is 1. The minimum Gasteiger partial charge on any atom is -0.493 e. The van der Waals surface area contributed by atoms with E-state index in [2.05, 4.69) is 17.5 Å². The van der Waals surface area contributed by atoms with Gasteiger partial charge in [-0.2, -0.15) is 5.10 Å². The summed E-state index contributed by atoms with van der Waals surface area (Å²) in [6.07, 6.45) is 2.54. The summed E-state index contributed by atoms with van der Waals surface area (Å²) in [7, 11) is 0. The summed E-state index contributed by atoms with van der Waals surface area (Å²) in [6, 6.07) is 17.8. The molecule has 0 spiro atoms. The Morgan fingerprint density at radius 1 is 1.00 bits per heavy atom. The van der Waals surface area contributed by atoms with Crippen LogP contribution in [0.1, 0.15) is 30.0 Å². The third kappa shape index (κ3) is 5.13. The van der Waals surface area contributed by atoms with E-state index in [4.69, 9.17) is 9.47 Å². The molecule has 0 bridgehead atoms. The molecule has 3 aromatic rings. The molecule has 0 aliphatic carbocycles. The van der Waals surface area contributed by atoms with Gasteiger partial charge in [0.15, 0.2) is 6.61 Å². The minimum absolute atomic E-state index is 0.0994. The highest BCUT2D eigenvalue weighted by atomic mass is 16.5. The van der Waals surface area contributed by atoms with Crippen LogP contribution in [-0.4, -0.2) is 25.3 Å². The maximum atomic E-state index is 12.2. The summed E-state index contributed by atoms with van der Waals surface area (Å²) in [4.78, 5) is 12.2. The lowest BCUT2D eigenvalue weighted by Crippen LogP contribution is -2.25. The first-order chi connectivity index (χ1) is 14.1. The van der Waals surface area contributed by atoms with Crippen molar-refractivity contribution < 1.29 is 14.3 Å². The van der Waals surface area contributed by atoms with Crippen LogP contribution in [0.15, 0.2) is 59.7 Å². The van der Waals surface area contributed by atoms with Crippen molar-refractivity contribution in [1.29, 1.82) is 0 Å². The summed E-state index contributed by atoms with van der Waals surface area (Å²) in [5.41, 5.74) is 5.37. The van der Waals surface area contributed by atoms with Gasteiger partial charge in [-0.15, -0.1) is 0 Å². The quantitative estimate of drug-likeness (QED) is 0.445. The van der Waals surface area contributed by atoms with Gasteiger partial charge in [-0.25, -0.2) is 5.43 Å². The summed E-state index contributed by atoms with van der Waals surface area (Å²) in [5, 5.41) is 6.24. The van der Waals surface area contributed by atoms with Gasteiger partial charge in [-0.1, -0.05) is 55.5 Å². The maximum absolute atomic E-state index is 12.2. The molecule has 5 heteroatoms. The van der Waals surface area contributed by atoms with Crippen LogP contribution in [0.3, 0.4) is 0 Å². The van der Waals surface area contributed by atoms with Gasteiger partial charge in [-0.3, -0.25) is 4.79 Å². The zero-order valence-corrected chi connectivity index (χ0v) is 17.1. The van der Waals surface area contributed by atoms with E-state index >= 15 is 0 Å². The zero-order chi connectivity index (χ0) is 20.6. The molecule has 0 fully saturated rings. The van der Waals surface area contributed by atoms with Crippen molar-refractivity contribution in [3.05, 3.63) is 71.3 Å². The van der Waals surface area contributed by atoms with Crippen LogP contribution in [0.25, 0.3) is 10.8 Å². The van der Waals surface area contributed by atoms with Crippen LogP contribution >= 0.6 is 0 Å². The highest BCUT2D eigenvalue weighted by molar-refractivity contribution is 6.02. The average Bonchev–Trinajstić information content (AvgIpc) is 2.72. The number of nitrogens with one attached hydrogen (secondary N) is 1.